The van der Waals surface area contributed by atoms with Gasteiger partial charge in [0.1, 0.15) is 0 Å². The van der Waals surface area contributed by atoms with Gasteiger partial charge in [0.25, 0.3) is 5.22 Å². The Kier molecular flexibility index (Phi) is 6.97. The van der Waals surface area contributed by atoms with Crippen molar-refractivity contribution in [2.75, 3.05) is 26.5 Å². The summed E-state index contributed by atoms with van der Waals surface area (Å²) in [4.78, 5) is 14.5. The number of hydrogen-bond acceptors (Lipinski definition) is 7. The van der Waals surface area contributed by atoms with E-state index in [0.29, 0.717) is 29.2 Å². The summed E-state index contributed by atoms with van der Waals surface area (Å²) in [6.07, 6.45) is 6.53. The van der Waals surface area contributed by atoms with Gasteiger partial charge in [-0.3, -0.25) is 4.79 Å². The van der Waals surface area contributed by atoms with E-state index in [0.717, 1.165) is 30.5 Å². The van der Waals surface area contributed by atoms with Gasteiger partial charge in [-0.2, -0.15) is 0 Å². The predicted molar refractivity (Wildman–Crippen MR) is 108 cm³/mol. The highest BCUT2D eigenvalue weighted by Crippen LogP contribution is 2.32. The number of rotatable bonds is 8. The minimum Gasteiger partial charge on any atom is -0.493 e. The Morgan fingerprint density at radius 1 is 1.21 bits per heavy atom. The first-order chi connectivity index (χ1) is 13.7. The van der Waals surface area contributed by atoms with Gasteiger partial charge in [-0.1, -0.05) is 17.8 Å². The summed E-state index contributed by atoms with van der Waals surface area (Å²) in [7, 11) is 3.16. The maximum Gasteiger partial charge on any atom is 0.277 e. The molecule has 150 valence electrons. The van der Waals surface area contributed by atoms with E-state index in [-0.39, 0.29) is 11.7 Å². The molecule has 0 radical (unpaired) electrons. The molecule has 0 spiro atoms. The lowest BCUT2D eigenvalue weighted by Crippen LogP contribution is -2.32. The van der Waals surface area contributed by atoms with Crippen molar-refractivity contribution in [2.45, 2.75) is 37.8 Å². The molecule has 1 aliphatic rings. The molecule has 0 saturated carbocycles. The van der Waals surface area contributed by atoms with Gasteiger partial charge in [0, 0.05) is 17.8 Å². The van der Waals surface area contributed by atoms with Crippen LogP contribution in [0.5, 0.6) is 11.5 Å². The number of allylic oxidation sites excluding steroid dienone is 2. The standard InChI is InChI=1S/C20H25N3O4S/c1-4-23(15-8-6-5-7-9-15)18(24)13-28-20-22-21-19(27-20)14-10-11-16(25-2)17(12-14)26-3/h8,10-12H,4-7,9,13H2,1-3H3. The van der Waals surface area contributed by atoms with Gasteiger partial charge in [-0.05, 0) is 50.8 Å². The monoisotopic (exact) mass is 403 g/mol. The van der Waals surface area contributed by atoms with E-state index in [1.54, 1.807) is 26.4 Å². The van der Waals surface area contributed by atoms with Crippen molar-refractivity contribution in [2.24, 2.45) is 0 Å². The number of carbonyl (C=O) groups is 1. The number of nitrogens with zero attached hydrogens (tertiary/aromatic N) is 3. The van der Waals surface area contributed by atoms with Crippen molar-refractivity contribution in [1.82, 2.24) is 15.1 Å². The van der Waals surface area contributed by atoms with Crippen molar-refractivity contribution >= 4 is 17.7 Å². The van der Waals surface area contributed by atoms with Crippen LogP contribution in [0.25, 0.3) is 11.5 Å². The number of aromatic nitrogens is 2. The zero-order valence-electron chi connectivity index (χ0n) is 16.4. The SMILES string of the molecule is CCN(C(=O)CSc1nnc(-c2ccc(OC)c(OC)c2)o1)C1=CCCCC1. The molecule has 1 aliphatic carbocycles. The molecule has 3 rings (SSSR count). The van der Waals surface area contributed by atoms with Crippen LogP contribution in [0, 0.1) is 0 Å². The Morgan fingerprint density at radius 2 is 2.04 bits per heavy atom. The Labute approximate surface area is 169 Å². The van der Waals surface area contributed by atoms with Gasteiger partial charge in [0.05, 0.1) is 20.0 Å². The summed E-state index contributed by atoms with van der Waals surface area (Å²) >= 11 is 1.25. The summed E-state index contributed by atoms with van der Waals surface area (Å²) in [5.41, 5.74) is 1.86. The third-order valence-corrected chi connectivity index (χ3v) is 5.39. The van der Waals surface area contributed by atoms with Gasteiger partial charge >= 0.3 is 0 Å². The predicted octanol–water partition coefficient (Wildman–Crippen LogP) is 4.15. The molecule has 28 heavy (non-hydrogen) atoms. The molecule has 0 fully saturated rings. The second-order valence-corrected chi connectivity index (χ2v) is 7.24. The topological polar surface area (TPSA) is 77.7 Å². The van der Waals surface area contributed by atoms with Crippen LogP contribution in [0.3, 0.4) is 0 Å². The smallest absolute Gasteiger partial charge is 0.277 e. The van der Waals surface area contributed by atoms with Crippen LogP contribution in [0.4, 0.5) is 0 Å². The Bertz CT molecular complexity index is 850. The highest BCUT2D eigenvalue weighted by Gasteiger charge is 2.19. The lowest BCUT2D eigenvalue weighted by molar-refractivity contribution is -0.126. The third-order valence-electron chi connectivity index (χ3n) is 4.59. The van der Waals surface area contributed by atoms with Gasteiger partial charge in [0.15, 0.2) is 11.5 Å². The van der Waals surface area contributed by atoms with Crippen LogP contribution in [0.15, 0.2) is 39.6 Å². The summed E-state index contributed by atoms with van der Waals surface area (Å²) < 4.78 is 16.3. The number of benzene rings is 1. The Hall–Kier alpha value is -2.48. The molecule has 1 heterocycles. The number of amides is 1. The number of hydrogen-bond donors (Lipinski definition) is 0. The molecule has 0 saturated heterocycles. The lowest BCUT2D eigenvalue weighted by Gasteiger charge is -2.26. The minimum absolute atomic E-state index is 0.0616. The summed E-state index contributed by atoms with van der Waals surface area (Å²) in [5, 5.41) is 8.50. The van der Waals surface area contributed by atoms with Crippen molar-refractivity contribution < 1.29 is 18.7 Å². The molecule has 0 N–H and O–H groups in total. The number of thioether (sulfide) groups is 1. The van der Waals surface area contributed by atoms with Crippen LogP contribution in [-0.2, 0) is 4.79 Å². The molecule has 1 amide bonds. The van der Waals surface area contributed by atoms with Crippen molar-refractivity contribution in [1.29, 1.82) is 0 Å². The van der Waals surface area contributed by atoms with Gasteiger partial charge in [-0.15, -0.1) is 10.2 Å². The highest BCUT2D eigenvalue weighted by molar-refractivity contribution is 7.99. The second kappa shape index (κ2) is 9.64. The van der Waals surface area contributed by atoms with E-state index in [4.69, 9.17) is 13.9 Å². The van der Waals surface area contributed by atoms with E-state index >= 15 is 0 Å². The van der Waals surface area contributed by atoms with Crippen molar-refractivity contribution in [3.63, 3.8) is 0 Å². The molecule has 1 aromatic heterocycles. The zero-order chi connectivity index (χ0) is 19.9. The Morgan fingerprint density at radius 3 is 2.71 bits per heavy atom. The fraction of sp³-hybridized carbons (Fsp3) is 0.450. The van der Waals surface area contributed by atoms with Gasteiger partial charge < -0.3 is 18.8 Å². The van der Waals surface area contributed by atoms with E-state index in [1.807, 2.05) is 17.9 Å². The first kappa shape index (κ1) is 20.3. The molecule has 2 aromatic rings. The van der Waals surface area contributed by atoms with E-state index in [2.05, 4.69) is 16.3 Å². The molecule has 0 unspecified atom stereocenters. The maximum atomic E-state index is 12.6. The molecule has 1 aromatic carbocycles. The van der Waals surface area contributed by atoms with E-state index in [9.17, 15) is 4.79 Å². The van der Waals surface area contributed by atoms with Crippen LogP contribution >= 0.6 is 11.8 Å². The summed E-state index contributed by atoms with van der Waals surface area (Å²) in [6.45, 7) is 2.67. The molecule has 0 aliphatic heterocycles. The van der Waals surface area contributed by atoms with Gasteiger partial charge in [-0.25, -0.2) is 0 Å². The van der Waals surface area contributed by atoms with E-state index < -0.39 is 0 Å². The largest absolute Gasteiger partial charge is 0.493 e. The Balaban J connectivity index is 1.64. The van der Waals surface area contributed by atoms with Crippen molar-refractivity contribution in [3.8, 4) is 23.0 Å². The van der Waals surface area contributed by atoms with Crippen molar-refractivity contribution in [3.05, 3.63) is 30.0 Å². The minimum atomic E-state index is 0.0616. The lowest BCUT2D eigenvalue weighted by atomic mass is 10.0. The van der Waals surface area contributed by atoms with Crippen LogP contribution in [-0.4, -0.2) is 47.5 Å². The average molecular weight is 404 g/mol. The quantitative estimate of drug-likeness (QED) is 0.613. The average Bonchev–Trinajstić information content (AvgIpc) is 3.22. The molecular formula is C20H25N3O4S. The molecule has 0 bridgehead atoms. The van der Waals surface area contributed by atoms with Crippen LogP contribution in [0.1, 0.15) is 32.6 Å². The fourth-order valence-corrected chi connectivity index (χ4v) is 3.80. The second-order valence-electron chi connectivity index (χ2n) is 6.31. The molecule has 8 heteroatoms. The summed E-state index contributed by atoms with van der Waals surface area (Å²) in [5.74, 6) is 1.91. The summed E-state index contributed by atoms with van der Waals surface area (Å²) in [6, 6.07) is 5.38. The highest BCUT2D eigenvalue weighted by atomic mass is 32.2. The molecule has 0 atom stereocenters. The first-order valence-corrected chi connectivity index (χ1v) is 10.3. The zero-order valence-corrected chi connectivity index (χ0v) is 17.3. The number of ether oxygens (including phenoxy) is 2. The maximum absolute atomic E-state index is 12.6. The molecular weight excluding hydrogens is 378 g/mol. The van der Waals surface area contributed by atoms with E-state index in [1.165, 1.54) is 18.2 Å². The third kappa shape index (κ3) is 4.67. The number of carbonyl (C=O) groups excluding carboxylic acids is 1. The normalized spacial score (nSPS) is 13.8. The first-order valence-electron chi connectivity index (χ1n) is 9.34. The number of methoxy groups -OCH3 is 2. The molecule has 7 nitrogen and oxygen atoms in total. The van der Waals surface area contributed by atoms with Gasteiger partial charge in [0.2, 0.25) is 11.8 Å². The van der Waals surface area contributed by atoms with Crippen LogP contribution in [0.2, 0.25) is 0 Å². The fourth-order valence-electron chi connectivity index (χ4n) is 3.16. The van der Waals surface area contributed by atoms with Crippen LogP contribution < -0.4 is 9.47 Å².